The monoisotopic (exact) mass is 306 g/mol. The zero-order chi connectivity index (χ0) is 14.6. The maximum absolute atomic E-state index is 11.7. The van der Waals surface area contributed by atoms with Crippen LogP contribution in [-0.2, 0) is 32.8 Å². The van der Waals surface area contributed by atoms with E-state index in [0.29, 0.717) is 4.90 Å². The first kappa shape index (κ1) is 15.2. The van der Waals surface area contributed by atoms with Crippen LogP contribution in [-0.4, -0.2) is 8.76 Å². The Morgan fingerprint density at radius 2 is 1.80 bits per heavy atom. The van der Waals surface area contributed by atoms with Crippen molar-refractivity contribution in [1.82, 2.24) is 0 Å². The summed E-state index contributed by atoms with van der Waals surface area (Å²) in [5.74, 6) is 0. The van der Waals surface area contributed by atoms with Crippen molar-refractivity contribution in [3.05, 3.63) is 65.2 Å². The summed E-state index contributed by atoms with van der Waals surface area (Å²) in [4.78, 5) is 0.395. The van der Waals surface area contributed by atoms with Crippen LogP contribution in [0.4, 0.5) is 0 Å². The van der Waals surface area contributed by atoms with Gasteiger partial charge in [-0.05, 0) is 43.4 Å². The Hall–Kier alpha value is -1.23. The summed E-state index contributed by atoms with van der Waals surface area (Å²) in [6.45, 7) is 1.98. The molecule has 0 aliphatic carbocycles. The highest BCUT2D eigenvalue weighted by molar-refractivity contribution is 8.29. The molecule has 1 unspecified atom stereocenters. The van der Waals surface area contributed by atoms with Gasteiger partial charge in [-0.15, -0.1) is 0 Å². The van der Waals surface area contributed by atoms with Gasteiger partial charge in [-0.2, -0.15) is 0 Å². The van der Waals surface area contributed by atoms with Crippen molar-refractivity contribution in [3.63, 3.8) is 0 Å². The molecule has 0 spiro atoms. The second kappa shape index (κ2) is 6.48. The number of hydrogen-bond donors (Lipinski definition) is 1. The molecule has 1 N–H and O–H groups in total. The quantitative estimate of drug-likeness (QED) is 0.914. The Morgan fingerprint density at radius 3 is 2.45 bits per heavy atom. The van der Waals surface area contributed by atoms with Crippen LogP contribution in [0.5, 0.6) is 0 Å². The molecule has 2 nitrogen and oxygen atoms in total. The molecule has 0 heterocycles. The Labute approximate surface area is 125 Å². The first-order valence-electron chi connectivity index (χ1n) is 6.58. The molecule has 0 radical (unpaired) electrons. The van der Waals surface area contributed by atoms with Crippen LogP contribution in [0.1, 0.15) is 23.1 Å². The second-order valence-electron chi connectivity index (χ2n) is 4.93. The highest BCUT2D eigenvalue weighted by Crippen LogP contribution is 2.20. The van der Waals surface area contributed by atoms with Crippen LogP contribution in [0.3, 0.4) is 0 Å². The standard InChI is InChI=1S/C16H18O2S2/c1-13-10-11-16(20(17,18)19)15(12-13)9-5-8-14-6-3-2-4-7-14/h2-4,6-7,10-12H,5,8-9H2,1H3,(H,17,18,19). The van der Waals surface area contributed by atoms with Crippen LogP contribution in [0.25, 0.3) is 0 Å². The fourth-order valence-electron chi connectivity index (χ4n) is 2.28. The molecule has 0 fully saturated rings. The molecule has 1 atom stereocenters. The minimum Gasteiger partial charge on any atom is -0.302 e. The molecule has 0 saturated heterocycles. The van der Waals surface area contributed by atoms with E-state index in [2.05, 4.69) is 12.1 Å². The molecular formula is C16H18O2S2. The predicted octanol–water partition coefficient (Wildman–Crippen LogP) is 3.75. The topological polar surface area (TPSA) is 37.3 Å². The third-order valence-corrected chi connectivity index (χ3v) is 4.74. The van der Waals surface area contributed by atoms with Crippen LogP contribution < -0.4 is 0 Å². The van der Waals surface area contributed by atoms with E-state index in [-0.39, 0.29) is 0 Å². The first-order chi connectivity index (χ1) is 9.47. The van der Waals surface area contributed by atoms with Crippen LogP contribution >= 0.6 is 0 Å². The molecule has 0 bridgehead atoms. The van der Waals surface area contributed by atoms with Gasteiger partial charge in [0, 0.05) is 11.2 Å². The lowest BCUT2D eigenvalue weighted by molar-refractivity contribution is 0.560. The molecule has 2 rings (SSSR count). The maximum atomic E-state index is 11.7. The van der Waals surface area contributed by atoms with E-state index in [1.165, 1.54) is 5.56 Å². The molecule has 20 heavy (non-hydrogen) atoms. The van der Waals surface area contributed by atoms with Crippen molar-refractivity contribution < 1.29 is 8.76 Å². The van der Waals surface area contributed by atoms with Gasteiger partial charge in [0.1, 0.15) is 0 Å². The highest BCUT2D eigenvalue weighted by atomic mass is 32.8. The van der Waals surface area contributed by atoms with E-state index in [0.717, 1.165) is 30.4 Å². The van der Waals surface area contributed by atoms with Gasteiger partial charge in [-0.1, -0.05) is 48.0 Å². The molecule has 0 saturated carbocycles. The molecule has 2 aromatic rings. The fourth-order valence-corrected chi connectivity index (χ4v) is 3.50. The first-order valence-corrected chi connectivity index (χ1v) is 9.02. The van der Waals surface area contributed by atoms with Crippen LogP contribution in [0.2, 0.25) is 0 Å². The van der Waals surface area contributed by atoms with Crippen molar-refractivity contribution in [2.75, 3.05) is 0 Å². The summed E-state index contributed by atoms with van der Waals surface area (Å²) in [5, 5.41) is 0. The fraction of sp³-hybridized carbons (Fsp3) is 0.250. The van der Waals surface area contributed by atoms with Crippen molar-refractivity contribution in [1.29, 1.82) is 0 Å². The number of hydrogen-bond acceptors (Lipinski definition) is 2. The minimum atomic E-state index is -3.31. The van der Waals surface area contributed by atoms with Crippen molar-refractivity contribution >= 4 is 20.0 Å². The van der Waals surface area contributed by atoms with Gasteiger partial charge in [0.2, 0.25) is 0 Å². The van der Waals surface area contributed by atoms with Gasteiger partial charge in [-0.3, -0.25) is 0 Å². The lowest BCUT2D eigenvalue weighted by Gasteiger charge is -2.10. The zero-order valence-corrected chi connectivity index (χ0v) is 13.0. The van der Waals surface area contributed by atoms with Crippen molar-refractivity contribution in [2.45, 2.75) is 31.1 Å². The molecule has 106 valence electrons. The number of benzene rings is 2. The third-order valence-electron chi connectivity index (χ3n) is 3.25. The molecule has 0 aliphatic rings. The molecule has 0 aromatic heterocycles. The highest BCUT2D eigenvalue weighted by Gasteiger charge is 2.11. The Bertz CT molecular complexity index is 677. The summed E-state index contributed by atoms with van der Waals surface area (Å²) in [6, 6.07) is 15.7. The van der Waals surface area contributed by atoms with Crippen molar-refractivity contribution in [3.8, 4) is 0 Å². The van der Waals surface area contributed by atoms with Crippen molar-refractivity contribution in [2.24, 2.45) is 0 Å². The van der Waals surface area contributed by atoms with Gasteiger partial charge in [-0.25, -0.2) is 4.21 Å². The summed E-state index contributed by atoms with van der Waals surface area (Å²) in [6.07, 6.45) is 2.66. The van der Waals surface area contributed by atoms with Gasteiger partial charge < -0.3 is 4.55 Å². The third kappa shape index (κ3) is 4.13. The van der Waals surface area contributed by atoms with Gasteiger partial charge in [0.25, 0.3) is 0 Å². The molecule has 0 aliphatic heterocycles. The SMILES string of the molecule is Cc1ccc(S(=O)(O)=S)c(CCCc2ccccc2)c1. The Balaban J connectivity index is 2.11. The number of rotatable bonds is 5. The van der Waals surface area contributed by atoms with Crippen LogP contribution in [0, 0.1) is 6.92 Å². The van der Waals surface area contributed by atoms with E-state index in [9.17, 15) is 8.76 Å². The molecular weight excluding hydrogens is 288 g/mol. The normalized spacial score (nSPS) is 13.9. The van der Waals surface area contributed by atoms with E-state index >= 15 is 0 Å². The average molecular weight is 306 g/mol. The van der Waals surface area contributed by atoms with Crippen LogP contribution in [0.15, 0.2) is 53.4 Å². The largest absolute Gasteiger partial charge is 0.302 e. The summed E-state index contributed by atoms with van der Waals surface area (Å²) >= 11 is 4.71. The van der Waals surface area contributed by atoms with Gasteiger partial charge >= 0.3 is 0 Å². The van der Waals surface area contributed by atoms with Gasteiger partial charge in [0.05, 0.1) is 4.90 Å². The average Bonchev–Trinajstić information content (AvgIpc) is 2.38. The van der Waals surface area contributed by atoms with Gasteiger partial charge in [0.15, 0.2) is 8.77 Å². The number of aryl methyl sites for hydroxylation is 3. The molecule has 4 heteroatoms. The Kier molecular flexibility index (Phi) is 4.91. The lowest BCUT2D eigenvalue weighted by Crippen LogP contribution is -2.03. The smallest absolute Gasteiger partial charge is 0.171 e. The molecule has 0 amide bonds. The van der Waals surface area contributed by atoms with E-state index in [4.69, 9.17) is 11.2 Å². The maximum Gasteiger partial charge on any atom is 0.171 e. The lowest BCUT2D eigenvalue weighted by atomic mass is 10.0. The summed E-state index contributed by atoms with van der Waals surface area (Å²) in [7, 11) is -3.31. The second-order valence-corrected chi connectivity index (χ2v) is 7.67. The summed E-state index contributed by atoms with van der Waals surface area (Å²) in [5.41, 5.74) is 3.26. The zero-order valence-electron chi connectivity index (χ0n) is 11.4. The minimum absolute atomic E-state index is 0.395. The van der Waals surface area contributed by atoms with E-state index in [1.807, 2.05) is 37.3 Å². The molecule has 2 aromatic carbocycles. The predicted molar refractivity (Wildman–Crippen MR) is 86.0 cm³/mol. The summed E-state index contributed by atoms with van der Waals surface area (Å²) < 4.78 is 21.3. The Morgan fingerprint density at radius 1 is 1.10 bits per heavy atom. The van der Waals surface area contributed by atoms with E-state index in [1.54, 1.807) is 6.07 Å². The van der Waals surface area contributed by atoms with E-state index < -0.39 is 8.77 Å².